The first-order valence-electron chi connectivity index (χ1n) is 13.7. The number of hydrogen-bond acceptors (Lipinski definition) is 7. The van der Waals surface area contributed by atoms with Gasteiger partial charge in [0.15, 0.2) is 11.5 Å². The van der Waals surface area contributed by atoms with Crippen LogP contribution in [-0.4, -0.2) is 86.1 Å². The molecule has 2 aliphatic heterocycles. The second-order valence-electron chi connectivity index (χ2n) is 10.5. The molecule has 0 radical (unpaired) electrons. The number of hydrogen-bond donors (Lipinski definition) is 1. The van der Waals surface area contributed by atoms with Gasteiger partial charge in [-0.05, 0) is 56.0 Å². The van der Waals surface area contributed by atoms with E-state index >= 15 is 0 Å². The SMILES string of the molecule is COc1ccc(CN2CCOC[C@@](O)(COc3ccc(C)cc3)C2)cc1OCCCN1CCCCCC1=O. The summed E-state index contributed by atoms with van der Waals surface area (Å²) in [5, 5.41) is 11.3. The molecule has 1 atom stereocenters. The Kier molecular flexibility index (Phi) is 10.3. The van der Waals surface area contributed by atoms with Crippen LogP contribution in [0.15, 0.2) is 42.5 Å². The third kappa shape index (κ3) is 8.35. The molecule has 2 aliphatic rings. The molecule has 2 heterocycles. The molecule has 8 heteroatoms. The molecule has 2 saturated heterocycles. The summed E-state index contributed by atoms with van der Waals surface area (Å²) < 4.78 is 23.3. The van der Waals surface area contributed by atoms with Gasteiger partial charge >= 0.3 is 0 Å². The molecule has 0 spiro atoms. The standard InChI is InChI=1S/C30H42N2O6/c1-24-8-11-26(12-9-24)38-23-30(34)21-31(16-18-36-22-30)20-25-10-13-27(35-2)28(19-25)37-17-6-15-32-14-5-3-4-7-29(32)33/h8-13,19,34H,3-7,14-18,20-23H2,1-2H3/t30-/m1/s1. The number of nitrogens with zero attached hydrogens (tertiary/aromatic N) is 2. The van der Waals surface area contributed by atoms with Crippen molar-refractivity contribution in [3.05, 3.63) is 53.6 Å². The number of carbonyl (C=O) groups excluding carboxylic acids is 1. The molecule has 38 heavy (non-hydrogen) atoms. The molecule has 1 amide bonds. The fraction of sp³-hybridized carbons (Fsp3) is 0.567. The van der Waals surface area contributed by atoms with E-state index in [1.165, 1.54) is 0 Å². The number of likely N-dealkylation sites (tertiary alicyclic amines) is 1. The molecule has 4 rings (SSSR count). The average Bonchev–Trinajstić information content (AvgIpc) is 3.23. The van der Waals surface area contributed by atoms with Gasteiger partial charge in [0.1, 0.15) is 18.0 Å². The van der Waals surface area contributed by atoms with E-state index in [0.717, 1.165) is 55.6 Å². The molecule has 1 N–H and O–H groups in total. The van der Waals surface area contributed by atoms with Gasteiger partial charge in [0.25, 0.3) is 0 Å². The van der Waals surface area contributed by atoms with Crippen molar-refractivity contribution in [3.8, 4) is 17.2 Å². The van der Waals surface area contributed by atoms with Crippen LogP contribution < -0.4 is 14.2 Å². The Bertz CT molecular complexity index is 1030. The van der Waals surface area contributed by atoms with E-state index in [-0.39, 0.29) is 19.1 Å². The van der Waals surface area contributed by atoms with Crippen molar-refractivity contribution in [3.63, 3.8) is 0 Å². The zero-order valence-electron chi connectivity index (χ0n) is 22.8. The van der Waals surface area contributed by atoms with Crippen molar-refractivity contribution >= 4 is 5.91 Å². The van der Waals surface area contributed by atoms with E-state index in [9.17, 15) is 9.90 Å². The molecule has 208 valence electrons. The first kappa shape index (κ1) is 28.2. The topological polar surface area (TPSA) is 80.7 Å². The Labute approximate surface area is 226 Å². The van der Waals surface area contributed by atoms with Gasteiger partial charge in [0.05, 0.1) is 26.9 Å². The maximum Gasteiger partial charge on any atom is 0.222 e. The number of aryl methyl sites for hydroxylation is 1. The largest absolute Gasteiger partial charge is 0.493 e. The van der Waals surface area contributed by atoms with Gasteiger partial charge in [-0.15, -0.1) is 0 Å². The molecule has 0 saturated carbocycles. The minimum Gasteiger partial charge on any atom is -0.493 e. The highest BCUT2D eigenvalue weighted by Gasteiger charge is 2.33. The van der Waals surface area contributed by atoms with Gasteiger partial charge in [-0.1, -0.05) is 30.2 Å². The monoisotopic (exact) mass is 526 g/mol. The summed E-state index contributed by atoms with van der Waals surface area (Å²) in [4.78, 5) is 16.4. The summed E-state index contributed by atoms with van der Waals surface area (Å²) in [6, 6.07) is 13.8. The molecule has 0 aliphatic carbocycles. The lowest BCUT2D eigenvalue weighted by atomic mass is 10.1. The van der Waals surface area contributed by atoms with E-state index in [1.54, 1.807) is 7.11 Å². The number of aliphatic hydroxyl groups is 1. The number of carbonyl (C=O) groups is 1. The number of β-amino-alcohol motifs (C(OH)–C–C–N with tert-alkyl or cyclic N) is 1. The Morgan fingerprint density at radius 3 is 2.68 bits per heavy atom. The van der Waals surface area contributed by atoms with Crippen LogP contribution in [0.1, 0.15) is 43.2 Å². The van der Waals surface area contributed by atoms with Crippen LogP contribution in [0, 0.1) is 6.92 Å². The molecular weight excluding hydrogens is 484 g/mol. The Morgan fingerprint density at radius 1 is 1.03 bits per heavy atom. The summed E-state index contributed by atoms with van der Waals surface area (Å²) in [5.74, 6) is 2.36. The maximum atomic E-state index is 12.2. The minimum absolute atomic E-state index is 0.156. The highest BCUT2D eigenvalue weighted by molar-refractivity contribution is 5.76. The van der Waals surface area contributed by atoms with Gasteiger partial charge in [0.2, 0.25) is 5.91 Å². The predicted molar refractivity (Wildman–Crippen MR) is 146 cm³/mol. The zero-order chi connectivity index (χ0) is 26.8. The lowest BCUT2D eigenvalue weighted by Gasteiger charge is -2.30. The highest BCUT2D eigenvalue weighted by atomic mass is 16.5. The Balaban J connectivity index is 1.32. The summed E-state index contributed by atoms with van der Waals surface area (Å²) in [5.41, 5.74) is 1.11. The van der Waals surface area contributed by atoms with Gasteiger partial charge in [0, 0.05) is 39.1 Å². The van der Waals surface area contributed by atoms with Gasteiger partial charge < -0.3 is 29.0 Å². The fourth-order valence-electron chi connectivity index (χ4n) is 4.97. The van der Waals surface area contributed by atoms with Crippen molar-refractivity contribution in [2.24, 2.45) is 0 Å². The minimum atomic E-state index is -1.11. The second kappa shape index (κ2) is 13.8. The highest BCUT2D eigenvalue weighted by Crippen LogP contribution is 2.29. The van der Waals surface area contributed by atoms with Crippen LogP contribution in [0.4, 0.5) is 0 Å². The molecule has 8 nitrogen and oxygen atoms in total. The first-order chi connectivity index (χ1) is 18.4. The van der Waals surface area contributed by atoms with Crippen molar-refractivity contribution in [1.29, 1.82) is 0 Å². The normalized spacial score (nSPS) is 21.0. The fourth-order valence-corrected chi connectivity index (χ4v) is 4.97. The molecule has 2 aromatic carbocycles. The van der Waals surface area contributed by atoms with E-state index in [4.69, 9.17) is 18.9 Å². The third-order valence-corrected chi connectivity index (χ3v) is 7.10. The van der Waals surface area contributed by atoms with Crippen molar-refractivity contribution in [2.75, 3.05) is 59.7 Å². The van der Waals surface area contributed by atoms with Crippen molar-refractivity contribution < 1.29 is 28.8 Å². The number of amides is 1. The lowest BCUT2D eigenvalue weighted by Crippen LogP contribution is -2.48. The van der Waals surface area contributed by atoms with E-state index in [2.05, 4.69) is 4.90 Å². The molecule has 0 unspecified atom stereocenters. The summed E-state index contributed by atoms with van der Waals surface area (Å²) >= 11 is 0. The van der Waals surface area contributed by atoms with E-state index < -0.39 is 5.60 Å². The quantitative estimate of drug-likeness (QED) is 0.446. The Morgan fingerprint density at radius 2 is 1.87 bits per heavy atom. The average molecular weight is 527 g/mol. The number of ether oxygens (including phenoxy) is 4. The number of benzene rings is 2. The molecular formula is C30H42N2O6. The summed E-state index contributed by atoms with van der Waals surface area (Å²) in [6.45, 7) is 6.82. The zero-order valence-corrected chi connectivity index (χ0v) is 22.8. The van der Waals surface area contributed by atoms with E-state index in [1.807, 2.05) is 54.3 Å². The van der Waals surface area contributed by atoms with Gasteiger partial charge in [-0.2, -0.15) is 0 Å². The van der Waals surface area contributed by atoms with Gasteiger partial charge in [-0.25, -0.2) is 0 Å². The third-order valence-electron chi connectivity index (χ3n) is 7.10. The van der Waals surface area contributed by atoms with Crippen molar-refractivity contribution in [2.45, 2.75) is 51.2 Å². The van der Waals surface area contributed by atoms with E-state index in [0.29, 0.717) is 50.8 Å². The van der Waals surface area contributed by atoms with Crippen molar-refractivity contribution in [1.82, 2.24) is 9.80 Å². The number of methoxy groups -OCH3 is 1. The van der Waals surface area contributed by atoms with Crippen LogP contribution >= 0.6 is 0 Å². The van der Waals surface area contributed by atoms with Crippen LogP contribution in [0.25, 0.3) is 0 Å². The van der Waals surface area contributed by atoms with Crippen LogP contribution in [-0.2, 0) is 16.1 Å². The summed E-state index contributed by atoms with van der Waals surface area (Å²) in [7, 11) is 1.64. The first-order valence-corrected chi connectivity index (χ1v) is 13.7. The van der Waals surface area contributed by atoms with Gasteiger partial charge in [-0.3, -0.25) is 9.69 Å². The maximum absolute atomic E-state index is 12.2. The van der Waals surface area contributed by atoms with Crippen LogP contribution in [0.3, 0.4) is 0 Å². The second-order valence-corrected chi connectivity index (χ2v) is 10.5. The molecule has 0 bridgehead atoms. The predicted octanol–water partition coefficient (Wildman–Crippen LogP) is 3.82. The summed E-state index contributed by atoms with van der Waals surface area (Å²) in [6.07, 6.45) is 4.64. The lowest BCUT2D eigenvalue weighted by molar-refractivity contribution is -0.130. The van der Waals surface area contributed by atoms with Crippen LogP contribution in [0.2, 0.25) is 0 Å². The molecule has 2 fully saturated rings. The smallest absolute Gasteiger partial charge is 0.222 e. The molecule has 2 aromatic rings. The van der Waals surface area contributed by atoms with Crippen LogP contribution in [0.5, 0.6) is 17.2 Å². The molecule has 0 aromatic heterocycles. The Hall–Kier alpha value is -2.81. The number of rotatable bonds is 11.